The number of amides is 1. The molecule has 1 N–H and O–H groups in total. The standard InChI is InChI=1S/C29H25NO7/c1-2-35-29(33)26-15-24(31)22-9-6-10-23(27(22)37-26)30-28(32)19-11-12-25-20(13-19)14-21(36-25)17-34-16-18-7-4-3-5-8-18/h3-13,15,21H,2,14,16-17H2,1H3,(H,30,32). The first kappa shape index (κ1) is 24.3. The molecule has 0 saturated heterocycles. The highest BCUT2D eigenvalue weighted by atomic mass is 16.5. The minimum absolute atomic E-state index is 0.103. The minimum Gasteiger partial charge on any atom is -0.487 e. The molecule has 1 aromatic heterocycles. The number of anilines is 1. The molecule has 1 atom stereocenters. The van der Waals surface area contributed by atoms with Gasteiger partial charge < -0.3 is 23.9 Å². The lowest BCUT2D eigenvalue weighted by Crippen LogP contribution is -2.20. The van der Waals surface area contributed by atoms with Gasteiger partial charge in [-0.3, -0.25) is 9.59 Å². The Morgan fingerprint density at radius 3 is 2.68 bits per heavy atom. The van der Waals surface area contributed by atoms with Gasteiger partial charge in [0, 0.05) is 18.1 Å². The Labute approximate surface area is 212 Å². The molecule has 0 aliphatic carbocycles. The molecule has 5 rings (SSSR count). The van der Waals surface area contributed by atoms with Crippen LogP contribution >= 0.6 is 0 Å². The third kappa shape index (κ3) is 5.39. The van der Waals surface area contributed by atoms with Crippen molar-refractivity contribution < 1.29 is 28.2 Å². The number of hydrogen-bond acceptors (Lipinski definition) is 7. The summed E-state index contributed by atoms with van der Waals surface area (Å²) in [5.41, 5.74) is 2.40. The molecule has 1 aliphatic heterocycles. The molecular weight excluding hydrogens is 474 g/mol. The summed E-state index contributed by atoms with van der Waals surface area (Å²) in [6.07, 6.45) is 0.489. The molecule has 8 nitrogen and oxygen atoms in total. The van der Waals surface area contributed by atoms with E-state index in [2.05, 4.69) is 5.32 Å². The summed E-state index contributed by atoms with van der Waals surface area (Å²) in [6, 6.07) is 21.0. The van der Waals surface area contributed by atoms with Gasteiger partial charge in [0.2, 0.25) is 5.76 Å². The number of ether oxygens (including phenoxy) is 3. The Bertz CT molecular complexity index is 1510. The van der Waals surface area contributed by atoms with E-state index in [-0.39, 0.29) is 41.0 Å². The maximum absolute atomic E-state index is 13.1. The average Bonchev–Trinajstić information content (AvgIpc) is 3.32. The van der Waals surface area contributed by atoms with Crippen molar-refractivity contribution in [2.24, 2.45) is 0 Å². The molecule has 0 radical (unpaired) electrons. The van der Waals surface area contributed by atoms with Crippen molar-refractivity contribution in [2.45, 2.75) is 26.1 Å². The zero-order valence-corrected chi connectivity index (χ0v) is 20.2. The lowest BCUT2D eigenvalue weighted by molar-refractivity contribution is 0.0490. The fourth-order valence-corrected chi connectivity index (χ4v) is 4.21. The van der Waals surface area contributed by atoms with Gasteiger partial charge in [-0.05, 0) is 48.4 Å². The van der Waals surface area contributed by atoms with E-state index in [1.165, 1.54) is 0 Å². The summed E-state index contributed by atoms with van der Waals surface area (Å²) < 4.78 is 22.4. The van der Waals surface area contributed by atoms with Crippen molar-refractivity contribution in [1.82, 2.24) is 0 Å². The molecule has 1 amide bonds. The molecule has 2 heterocycles. The van der Waals surface area contributed by atoms with Crippen LogP contribution in [0.25, 0.3) is 11.0 Å². The lowest BCUT2D eigenvalue weighted by Gasteiger charge is -2.11. The van der Waals surface area contributed by atoms with Crippen molar-refractivity contribution in [3.05, 3.63) is 105 Å². The Kier molecular flexibility index (Phi) is 7.00. The Hall–Kier alpha value is -4.43. The lowest BCUT2D eigenvalue weighted by atomic mass is 10.1. The molecule has 8 heteroatoms. The quantitative estimate of drug-likeness (QED) is 0.349. The van der Waals surface area contributed by atoms with Crippen LogP contribution in [-0.4, -0.2) is 31.2 Å². The largest absolute Gasteiger partial charge is 0.487 e. The smallest absolute Gasteiger partial charge is 0.374 e. The zero-order chi connectivity index (χ0) is 25.8. The Morgan fingerprint density at radius 2 is 1.86 bits per heavy atom. The SMILES string of the molecule is CCOC(=O)c1cc(=O)c2cccc(NC(=O)c3ccc4c(c3)CC(COCc3ccccc3)O4)c2o1. The van der Waals surface area contributed by atoms with Gasteiger partial charge in [0.05, 0.1) is 30.9 Å². The van der Waals surface area contributed by atoms with Gasteiger partial charge in [-0.15, -0.1) is 0 Å². The molecule has 0 fully saturated rings. The number of esters is 1. The molecule has 1 unspecified atom stereocenters. The van der Waals surface area contributed by atoms with Crippen molar-refractivity contribution in [2.75, 3.05) is 18.5 Å². The van der Waals surface area contributed by atoms with Crippen LogP contribution in [0, 0.1) is 0 Å². The highest BCUT2D eigenvalue weighted by Gasteiger charge is 2.24. The topological polar surface area (TPSA) is 104 Å². The molecule has 188 valence electrons. The number of hydrogen-bond donors (Lipinski definition) is 1. The van der Waals surface area contributed by atoms with Gasteiger partial charge in [0.1, 0.15) is 11.9 Å². The van der Waals surface area contributed by atoms with Crippen molar-refractivity contribution in [1.29, 1.82) is 0 Å². The van der Waals surface area contributed by atoms with Crippen LogP contribution in [0.3, 0.4) is 0 Å². The predicted octanol–water partition coefficient (Wildman–Crippen LogP) is 4.74. The van der Waals surface area contributed by atoms with Gasteiger partial charge in [-0.2, -0.15) is 0 Å². The summed E-state index contributed by atoms with van der Waals surface area (Å²) in [5, 5.41) is 3.03. The first-order chi connectivity index (χ1) is 18.0. The summed E-state index contributed by atoms with van der Waals surface area (Å²) >= 11 is 0. The maximum atomic E-state index is 13.1. The minimum atomic E-state index is -0.747. The number of benzene rings is 3. The van der Waals surface area contributed by atoms with E-state index in [1.54, 1.807) is 43.3 Å². The second kappa shape index (κ2) is 10.7. The van der Waals surface area contributed by atoms with E-state index in [4.69, 9.17) is 18.6 Å². The van der Waals surface area contributed by atoms with E-state index in [0.717, 1.165) is 22.9 Å². The number of fused-ring (bicyclic) bond motifs is 2. The Balaban J connectivity index is 1.29. The normalized spacial score (nSPS) is 14.1. The number of nitrogens with one attached hydrogen (secondary N) is 1. The molecule has 0 bridgehead atoms. The molecular formula is C29H25NO7. The average molecular weight is 500 g/mol. The number of carbonyl (C=O) groups is 2. The second-order valence-corrected chi connectivity index (χ2v) is 8.60. The second-order valence-electron chi connectivity index (χ2n) is 8.60. The summed E-state index contributed by atoms with van der Waals surface area (Å²) in [4.78, 5) is 37.7. The van der Waals surface area contributed by atoms with Gasteiger partial charge in [0.25, 0.3) is 5.91 Å². The van der Waals surface area contributed by atoms with Gasteiger partial charge in [-0.25, -0.2) is 4.79 Å². The number of para-hydroxylation sites is 1. The van der Waals surface area contributed by atoms with Gasteiger partial charge >= 0.3 is 5.97 Å². The van der Waals surface area contributed by atoms with Gasteiger partial charge in [-0.1, -0.05) is 36.4 Å². The first-order valence-electron chi connectivity index (χ1n) is 12.0. The van der Waals surface area contributed by atoms with E-state index in [1.807, 2.05) is 30.3 Å². The van der Waals surface area contributed by atoms with Crippen molar-refractivity contribution >= 4 is 28.5 Å². The first-order valence-corrected chi connectivity index (χ1v) is 12.0. The molecule has 1 aliphatic rings. The summed E-state index contributed by atoms with van der Waals surface area (Å²) in [6.45, 7) is 2.73. The van der Waals surface area contributed by atoms with E-state index < -0.39 is 11.4 Å². The van der Waals surface area contributed by atoms with E-state index >= 15 is 0 Å². The van der Waals surface area contributed by atoms with Crippen LogP contribution in [0.5, 0.6) is 5.75 Å². The van der Waals surface area contributed by atoms with Crippen molar-refractivity contribution in [3.8, 4) is 5.75 Å². The van der Waals surface area contributed by atoms with E-state index in [0.29, 0.717) is 25.2 Å². The molecule has 0 saturated carbocycles. The molecule has 0 spiro atoms. The molecule has 37 heavy (non-hydrogen) atoms. The van der Waals surface area contributed by atoms with Crippen LogP contribution in [0.4, 0.5) is 5.69 Å². The fourth-order valence-electron chi connectivity index (χ4n) is 4.21. The van der Waals surface area contributed by atoms with Crippen LogP contribution in [-0.2, 0) is 22.5 Å². The summed E-state index contributed by atoms with van der Waals surface area (Å²) in [7, 11) is 0. The van der Waals surface area contributed by atoms with Crippen LogP contribution in [0.15, 0.2) is 82.0 Å². The van der Waals surface area contributed by atoms with Crippen molar-refractivity contribution in [3.63, 3.8) is 0 Å². The Morgan fingerprint density at radius 1 is 1.03 bits per heavy atom. The highest BCUT2D eigenvalue weighted by Crippen LogP contribution is 2.31. The fraction of sp³-hybridized carbons (Fsp3) is 0.207. The third-order valence-corrected chi connectivity index (χ3v) is 5.96. The molecule has 4 aromatic rings. The highest BCUT2D eigenvalue weighted by molar-refractivity contribution is 6.08. The van der Waals surface area contributed by atoms with Crippen LogP contribution in [0.1, 0.15) is 39.0 Å². The van der Waals surface area contributed by atoms with Gasteiger partial charge in [0.15, 0.2) is 11.0 Å². The summed E-state index contributed by atoms with van der Waals surface area (Å²) in [5.74, 6) is -0.636. The number of carbonyl (C=O) groups excluding carboxylic acids is 2. The van der Waals surface area contributed by atoms with Crippen LogP contribution in [0.2, 0.25) is 0 Å². The molecule has 3 aromatic carbocycles. The maximum Gasteiger partial charge on any atom is 0.374 e. The number of rotatable bonds is 8. The monoisotopic (exact) mass is 499 g/mol. The third-order valence-electron chi connectivity index (χ3n) is 5.96. The predicted molar refractivity (Wildman–Crippen MR) is 137 cm³/mol. The zero-order valence-electron chi connectivity index (χ0n) is 20.2. The van der Waals surface area contributed by atoms with E-state index in [9.17, 15) is 14.4 Å². The van der Waals surface area contributed by atoms with Crippen LogP contribution < -0.4 is 15.5 Å².